The quantitative estimate of drug-likeness (QED) is 0.486. The Labute approximate surface area is 182 Å². The topological polar surface area (TPSA) is 95.6 Å². The van der Waals surface area contributed by atoms with Crippen LogP contribution in [0.2, 0.25) is 0 Å². The number of halogens is 2. The number of alkyl halides is 2. The minimum absolute atomic E-state index is 0.0595. The van der Waals surface area contributed by atoms with Crippen LogP contribution in [0.3, 0.4) is 0 Å². The van der Waals surface area contributed by atoms with Gasteiger partial charge in [-0.2, -0.15) is 0 Å². The van der Waals surface area contributed by atoms with Crippen LogP contribution in [0.25, 0.3) is 21.9 Å². The molecule has 170 valence electrons. The summed E-state index contributed by atoms with van der Waals surface area (Å²) in [5.74, 6) is -2.49. The van der Waals surface area contributed by atoms with Gasteiger partial charge in [-0.25, -0.2) is 18.6 Å². The normalized spacial score (nSPS) is 22.9. The van der Waals surface area contributed by atoms with Crippen molar-refractivity contribution in [2.45, 2.75) is 62.4 Å². The van der Waals surface area contributed by atoms with Gasteiger partial charge in [-0.1, -0.05) is 6.08 Å². The lowest BCUT2D eigenvalue weighted by atomic mass is 9.85. The Morgan fingerprint density at radius 1 is 1.25 bits per heavy atom. The first-order chi connectivity index (χ1) is 15.4. The van der Waals surface area contributed by atoms with Crippen molar-refractivity contribution >= 4 is 21.9 Å². The average molecular weight is 443 g/mol. The van der Waals surface area contributed by atoms with E-state index in [9.17, 15) is 18.4 Å². The number of fused-ring (bicyclic) bond motifs is 3. The number of H-pyrrole nitrogens is 2. The molecular formula is C23H27F2N5O2. The Morgan fingerprint density at radius 2 is 2.00 bits per heavy atom. The zero-order chi connectivity index (χ0) is 22.5. The van der Waals surface area contributed by atoms with Gasteiger partial charge in [0, 0.05) is 30.2 Å². The number of hydrogen-bond donors (Lipinski definition) is 3. The number of aromatic amines is 2. The molecule has 0 aromatic carbocycles. The van der Waals surface area contributed by atoms with E-state index in [2.05, 4.69) is 26.8 Å². The van der Waals surface area contributed by atoms with Gasteiger partial charge < -0.3 is 10.3 Å². The van der Waals surface area contributed by atoms with Gasteiger partial charge in [0.1, 0.15) is 5.65 Å². The highest BCUT2D eigenvalue weighted by molar-refractivity contribution is 6.01. The summed E-state index contributed by atoms with van der Waals surface area (Å²) >= 11 is 0. The molecule has 3 N–H and O–H groups in total. The van der Waals surface area contributed by atoms with Crippen molar-refractivity contribution in [3.63, 3.8) is 0 Å². The number of pyridine rings is 1. The largest absolute Gasteiger partial charge is 0.346 e. The number of aromatic nitrogens is 4. The Balaban J connectivity index is 1.34. The maximum Gasteiger partial charge on any atom is 0.329 e. The summed E-state index contributed by atoms with van der Waals surface area (Å²) in [6.07, 6.45) is 8.35. The summed E-state index contributed by atoms with van der Waals surface area (Å²) in [6, 6.07) is 1.77. The van der Waals surface area contributed by atoms with Crippen LogP contribution in [0.1, 0.15) is 51.0 Å². The van der Waals surface area contributed by atoms with Crippen molar-refractivity contribution in [3.8, 4) is 0 Å². The summed E-state index contributed by atoms with van der Waals surface area (Å²) in [5.41, 5.74) is -0.711. The molecule has 2 fully saturated rings. The lowest BCUT2D eigenvalue weighted by molar-refractivity contribution is -0.0474. The Kier molecular flexibility index (Phi) is 5.03. The average Bonchev–Trinajstić information content (AvgIpc) is 3.42. The molecule has 0 amide bonds. The smallest absolute Gasteiger partial charge is 0.329 e. The first-order valence-electron chi connectivity index (χ1n) is 11.2. The van der Waals surface area contributed by atoms with Gasteiger partial charge in [-0.05, 0) is 57.1 Å². The number of nitrogens with one attached hydrogen (secondary N) is 3. The van der Waals surface area contributed by atoms with Crippen LogP contribution in [0.15, 0.2) is 40.7 Å². The van der Waals surface area contributed by atoms with Crippen molar-refractivity contribution in [1.29, 1.82) is 0 Å². The molecule has 0 unspecified atom stereocenters. The van der Waals surface area contributed by atoms with E-state index in [1.165, 1.54) is 12.3 Å². The lowest BCUT2D eigenvalue weighted by Gasteiger charge is -2.33. The van der Waals surface area contributed by atoms with Crippen LogP contribution in [0.4, 0.5) is 8.78 Å². The number of hydrogen-bond acceptors (Lipinski definition) is 4. The molecule has 9 heteroatoms. The van der Waals surface area contributed by atoms with E-state index >= 15 is 0 Å². The highest BCUT2D eigenvalue weighted by atomic mass is 19.3. The fourth-order valence-corrected chi connectivity index (χ4v) is 5.21. The molecule has 0 bridgehead atoms. The Hall–Kier alpha value is -2.81. The SMILES string of the molecule is C=CCC(F)(F)C1(NCC2CCC(n3c(=O)[nH]c(=O)c4cnc5[nH]ccc5c43)CC2)CC1. The minimum atomic E-state index is -2.77. The standard InChI is InChI=1S/C23H27F2N5O2/c1-2-8-23(24,25)22(9-10-22)28-12-14-3-5-15(6-4-14)30-18-16-7-11-26-19(16)27-13-17(18)20(31)29-21(30)32/h2,7,11,13-15,28H,1,3-6,8-10,12H2,(H,26,27)(H,29,31,32). The zero-order valence-corrected chi connectivity index (χ0v) is 17.8. The highest BCUT2D eigenvalue weighted by Crippen LogP contribution is 2.50. The predicted octanol–water partition coefficient (Wildman–Crippen LogP) is 3.63. The summed E-state index contributed by atoms with van der Waals surface area (Å²) in [7, 11) is 0. The number of nitrogens with zero attached hydrogens (tertiary/aromatic N) is 2. The van der Waals surface area contributed by atoms with Gasteiger partial charge in [0.25, 0.3) is 11.5 Å². The first-order valence-corrected chi connectivity index (χ1v) is 11.2. The fraction of sp³-hybridized carbons (Fsp3) is 0.522. The van der Waals surface area contributed by atoms with Gasteiger partial charge in [-0.15, -0.1) is 6.58 Å². The van der Waals surface area contributed by atoms with Gasteiger partial charge in [0.15, 0.2) is 0 Å². The maximum atomic E-state index is 14.4. The van der Waals surface area contributed by atoms with Gasteiger partial charge >= 0.3 is 5.69 Å². The van der Waals surface area contributed by atoms with E-state index in [1.807, 2.05) is 6.07 Å². The Morgan fingerprint density at radius 3 is 2.69 bits per heavy atom. The van der Waals surface area contributed by atoms with E-state index in [0.29, 0.717) is 35.9 Å². The molecule has 0 radical (unpaired) electrons. The molecule has 0 atom stereocenters. The summed E-state index contributed by atoms with van der Waals surface area (Å²) in [6.45, 7) is 4.01. The van der Waals surface area contributed by atoms with E-state index in [4.69, 9.17) is 0 Å². The monoisotopic (exact) mass is 443 g/mol. The van der Waals surface area contributed by atoms with Gasteiger partial charge in [0.2, 0.25) is 0 Å². The van der Waals surface area contributed by atoms with Crippen molar-refractivity contribution in [2.24, 2.45) is 5.92 Å². The van der Waals surface area contributed by atoms with Crippen molar-refractivity contribution in [2.75, 3.05) is 6.54 Å². The molecule has 3 aromatic rings. The molecule has 7 nitrogen and oxygen atoms in total. The third kappa shape index (κ3) is 3.39. The molecule has 3 aromatic heterocycles. The van der Waals surface area contributed by atoms with Crippen LogP contribution in [0, 0.1) is 5.92 Å². The molecule has 0 spiro atoms. The summed E-state index contributed by atoms with van der Waals surface area (Å²) in [4.78, 5) is 34.9. The van der Waals surface area contributed by atoms with E-state index in [0.717, 1.165) is 31.1 Å². The first kappa shape index (κ1) is 21.1. The molecule has 0 aliphatic heterocycles. The van der Waals surface area contributed by atoms with E-state index < -0.39 is 22.7 Å². The Bertz CT molecular complexity index is 1280. The second-order valence-corrected chi connectivity index (χ2v) is 9.22. The minimum Gasteiger partial charge on any atom is -0.346 e. The van der Waals surface area contributed by atoms with Crippen molar-refractivity contribution in [1.82, 2.24) is 24.8 Å². The van der Waals surface area contributed by atoms with Gasteiger partial charge in [0.05, 0.1) is 16.4 Å². The van der Waals surface area contributed by atoms with Crippen LogP contribution in [-0.4, -0.2) is 37.5 Å². The second kappa shape index (κ2) is 7.65. The third-order valence-electron chi connectivity index (χ3n) is 7.24. The van der Waals surface area contributed by atoms with E-state index in [-0.39, 0.29) is 18.4 Å². The molecule has 32 heavy (non-hydrogen) atoms. The molecular weight excluding hydrogens is 416 g/mol. The maximum absolute atomic E-state index is 14.4. The molecule has 3 heterocycles. The van der Waals surface area contributed by atoms with Crippen molar-refractivity contribution < 1.29 is 8.78 Å². The summed E-state index contributed by atoms with van der Waals surface area (Å²) in [5, 5.41) is 4.30. The molecule has 5 rings (SSSR count). The predicted molar refractivity (Wildman–Crippen MR) is 119 cm³/mol. The number of rotatable bonds is 7. The lowest BCUT2D eigenvalue weighted by Crippen LogP contribution is -2.49. The van der Waals surface area contributed by atoms with Crippen LogP contribution < -0.4 is 16.6 Å². The molecule has 2 aliphatic rings. The van der Waals surface area contributed by atoms with E-state index in [1.54, 1.807) is 10.8 Å². The fourth-order valence-electron chi connectivity index (χ4n) is 5.21. The molecule has 2 aliphatic carbocycles. The van der Waals surface area contributed by atoms with Crippen LogP contribution in [-0.2, 0) is 0 Å². The van der Waals surface area contributed by atoms with Crippen LogP contribution in [0.5, 0.6) is 0 Å². The number of allylic oxidation sites excluding steroid dienone is 1. The summed E-state index contributed by atoms with van der Waals surface area (Å²) < 4.78 is 30.5. The molecule has 2 saturated carbocycles. The zero-order valence-electron chi connectivity index (χ0n) is 17.8. The highest BCUT2D eigenvalue weighted by Gasteiger charge is 2.60. The third-order valence-corrected chi connectivity index (χ3v) is 7.24. The van der Waals surface area contributed by atoms with Crippen LogP contribution >= 0.6 is 0 Å². The van der Waals surface area contributed by atoms with Crippen molar-refractivity contribution in [3.05, 3.63) is 52.0 Å². The second-order valence-electron chi connectivity index (χ2n) is 9.22. The van der Waals surface area contributed by atoms with Gasteiger partial charge in [-0.3, -0.25) is 14.3 Å². The molecule has 0 saturated heterocycles.